The fraction of sp³-hybridized carbons (Fsp3) is 0.417. The molecule has 0 aromatic heterocycles. The molecule has 0 aliphatic carbocycles. The average Bonchev–Trinajstić information content (AvgIpc) is 2.92. The summed E-state index contributed by atoms with van der Waals surface area (Å²) in [6.07, 6.45) is 0. The van der Waals surface area contributed by atoms with Crippen molar-refractivity contribution in [1.29, 1.82) is 0 Å². The number of nitrogens with zero attached hydrogens (tertiary/aromatic N) is 4. The van der Waals surface area contributed by atoms with Crippen molar-refractivity contribution in [2.24, 2.45) is 5.90 Å². The highest BCUT2D eigenvalue weighted by atomic mass is 35.5. The first-order chi connectivity index (χ1) is 18.5. The van der Waals surface area contributed by atoms with E-state index in [2.05, 4.69) is 9.74 Å². The quantitative estimate of drug-likeness (QED) is 0.477. The molecule has 15 heteroatoms. The van der Waals surface area contributed by atoms with Gasteiger partial charge < -0.3 is 19.4 Å². The molecule has 2 fully saturated rings. The monoisotopic (exact) mass is 587 g/mol. The lowest BCUT2D eigenvalue weighted by atomic mass is 10.2. The van der Waals surface area contributed by atoms with Crippen LogP contribution in [0.25, 0.3) is 0 Å². The van der Waals surface area contributed by atoms with E-state index in [0.29, 0.717) is 30.2 Å². The van der Waals surface area contributed by atoms with Crippen LogP contribution in [-0.2, 0) is 24.4 Å². The van der Waals surface area contributed by atoms with Crippen LogP contribution in [0.1, 0.15) is 0 Å². The van der Waals surface area contributed by atoms with Crippen molar-refractivity contribution >= 4 is 33.5 Å². The van der Waals surface area contributed by atoms with Gasteiger partial charge in [0, 0.05) is 50.8 Å². The van der Waals surface area contributed by atoms with Crippen LogP contribution in [0.15, 0.2) is 41.3 Å². The first kappa shape index (κ1) is 29.1. The smallest absolute Gasteiger partial charge is 0.344 e. The van der Waals surface area contributed by atoms with E-state index in [0.717, 1.165) is 17.4 Å². The maximum Gasteiger partial charge on any atom is 0.344 e. The van der Waals surface area contributed by atoms with Crippen molar-refractivity contribution in [3.05, 3.63) is 53.1 Å². The Morgan fingerprint density at radius 2 is 1.64 bits per heavy atom. The van der Waals surface area contributed by atoms with Crippen molar-refractivity contribution in [3.63, 3.8) is 0 Å². The van der Waals surface area contributed by atoms with E-state index in [4.69, 9.17) is 22.2 Å². The Bertz CT molecular complexity index is 1300. The van der Waals surface area contributed by atoms with Crippen molar-refractivity contribution < 1.29 is 36.4 Å². The maximum absolute atomic E-state index is 14.9. The van der Waals surface area contributed by atoms with Crippen LogP contribution in [-0.4, -0.2) is 105 Å². The van der Waals surface area contributed by atoms with Gasteiger partial charge in [0.1, 0.15) is 11.8 Å². The van der Waals surface area contributed by atoms with Crippen LogP contribution < -0.4 is 10.6 Å². The predicted octanol–water partition coefficient (Wildman–Crippen LogP) is 1.28. The van der Waals surface area contributed by atoms with E-state index in [-0.39, 0.29) is 37.8 Å². The summed E-state index contributed by atoms with van der Waals surface area (Å²) in [5.41, 5.74) is 0. The number of halogens is 3. The zero-order valence-electron chi connectivity index (χ0n) is 21.1. The van der Waals surface area contributed by atoms with Crippen LogP contribution in [0.4, 0.5) is 8.78 Å². The zero-order valence-corrected chi connectivity index (χ0v) is 22.6. The van der Waals surface area contributed by atoms with E-state index in [1.54, 1.807) is 0 Å². The second kappa shape index (κ2) is 12.1. The van der Waals surface area contributed by atoms with Gasteiger partial charge in [-0.3, -0.25) is 9.69 Å². The summed E-state index contributed by atoms with van der Waals surface area (Å²) in [7, 11) is -2.63. The molecule has 2 N–H and O–H groups in total. The third-order valence-electron chi connectivity index (χ3n) is 6.64. The molecule has 0 radical (unpaired) electrons. The minimum atomic E-state index is -4.62. The maximum atomic E-state index is 14.9. The van der Waals surface area contributed by atoms with Crippen molar-refractivity contribution in [2.75, 3.05) is 59.4 Å². The molecule has 2 saturated heterocycles. The Morgan fingerprint density at radius 1 is 1.03 bits per heavy atom. The van der Waals surface area contributed by atoms with Gasteiger partial charge in [-0.1, -0.05) is 11.6 Å². The Morgan fingerprint density at radius 3 is 2.23 bits per heavy atom. The average molecular weight is 588 g/mol. The standard InChI is InChI=1S/C24H28ClF2N5O6S/c1-29-6-8-30(9-7-29)15-22(33)31-10-11-32(21(14-31)24(34)38-28)39(35,36)18-12-19(26)23(20(27)13-18)37-17-4-2-16(25)3-5-17/h2-5,12-13,21H,6-11,14-15,28H2,1H3/t21-/m1/s1. The summed E-state index contributed by atoms with van der Waals surface area (Å²) in [6.45, 7) is 2.42. The van der Waals surface area contributed by atoms with Crippen LogP contribution >= 0.6 is 11.6 Å². The fourth-order valence-corrected chi connectivity index (χ4v) is 6.10. The molecule has 39 heavy (non-hydrogen) atoms. The van der Waals surface area contributed by atoms with Gasteiger partial charge >= 0.3 is 5.97 Å². The van der Waals surface area contributed by atoms with Gasteiger partial charge in [0.25, 0.3) is 0 Å². The van der Waals surface area contributed by atoms with Crippen molar-refractivity contribution in [2.45, 2.75) is 10.9 Å². The molecule has 1 amide bonds. The number of benzene rings is 2. The molecule has 1 atom stereocenters. The molecule has 2 heterocycles. The number of nitrogens with two attached hydrogens (primary N) is 1. The van der Waals surface area contributed by atoms with Crippen LogP contribution in [0, 0.1) is 11.6 Å². The minimum Gasteiger partial charge on any atom is -0.451 e. The highest BCUT2D eigenvalue weighted by molar-refractivity contribution is 7.89. The topological polar surface area (TPSA) is 126 Å². The second-order valence-electron chi connectivity index (χ2n) is 9.26. The normalized spacial score (nSPS) is 19.6. The van der Waals surface area contributed by atoms with Gasteiger partial charge in [0.15, 0.2) is 17.4 Å². The molecule has 212 valence electrons. The minimum absolute atomic E-state index is 0.0388. The Labute approximate surface area is 229 Å². The number of ether oxygens (including phenoxy) is 1. The zero-order chi connectivity index (χ0) is 28.3. The Hall–Kier alpha value is -2.88. The predicted molar refractivity (Wildman–Crippen MR) is 136 cm³/mol. The molecular weight excluding hydrogens is 560 g/mol. The molecule has 2 aromatic carbocycles. The van der Waals surface area contributed by atoms with Crippen LogP contribution in [0.5, 0.6) is 11.5 Å². The number of hydrogen-bond acceptors (Lipinski definition) is 9. The summed E-state index contributed by atoms with van der Waals surface area (Å²) in [6, 6.07) is 5.37. The lowest BCUT2D eigenvalue weighted by molar-refractivity contribution is -0.152. The summed E-state index contributed by atoms with van der Waals surface area (Å²) >= 11 is 5.80. The van der Waals surface area contributed by atoms with Gasteiger partial charge in [-0.2, -0.15) is 10.2 Å². The molecular formula is C24H28ClF2N5O6S. The molecule has 2 aromatic rings. The molecule has 2 aliphatic rings. The molecule has 4 rings (SSSR count). The van der Waals surface area contributed by atoms with Gasteiger partial charge in [-0.25, -0.2) is 22.0 Å². The molecule has 11 nitrogen and oxygen atoms in total. The van der Waals surface area contributed by atoms with Crippen LogP contribution in [0.2, 0.25) is 5.02 Å². The molecule has 0 unspecified atom stereocenters. The molecule has 2 aliphatic heterocycles. The molecule has 0 bridgehead atoms. The summed E-state index contributed by atoms with van der Waals surface area (Å²) in [5.74, 6) is 0.370. The summed E-state index contributed by atoms with van der Waals surface area (Å²) in [4.78, 5) is 34.4. The van der Waals surface area contributed by atoms with Crippen LogP contribution in [0.3, 0.4) is 0 Å². The lowest BCUT2D eigenvalue weighted by Crippen LogP contribution is -2.61. The fourth-order valence-electron chi connectivity index (χ4n) is 4.39. The van der Waals surface area contributed by atoms with Gasteiger partial charge in [0.05, 0.1) is 11.4 Å². The van der Waals surface area contributed by atoms with E-state index in [1.807, 2.05) is 11.9 Å². The Kier molecular flexibility index (Phi) is 9.03. The van der Waals surface area contributed by atoms with Crippen molar-refractivity contribution in [3.8, 4) is 11.5 Å². The van der Waals surface area contributed by atoms with E-state index in [9.17, 15) is 26.8 Å². The summed E-state index contributed by atoms with van der Waals surface area (Å²) < 4.78 is 62.5. The number of hydrogen-bond donors (Lipinski definition) is 1. The third kappa shape index (κ3) is 6.65. The van der Waals surface area contributed by atoms with Crippen molar-refractivity contribution in [1.82, 2.24) is 19.0 Å². The summed E-state index contributed by atoms with van der Waals surface area (Å²) in [5, 5.41) is 0.386. The van der Waals surface area contributed by atoms with Gasteiger partial charge in [-0.15, -0.1) is 0 Å². The van der Waals surface area contributed by atoms with Gasteiger partial charge in [-0.05, 0) is 43.4 Å². The SMILES string of the molecule is CN1CCN(CC(=O)N2CCN(S(=O)(=O)c3cc(F)c(Oc4ccc(Cl)cc4)c(F)c3)[C@@H](C(=O)ON)C2)CC1. The number of amides is 1. The van der Waals surface area contributed by atoms with Gasteiger partial charge in [0.2, 0.25) is 15.9 Å². The Balaban J connectivity index is 1.52. The highest BCUT2D eigenvalue weighted by Gasteiger charge is 2.43. The lowest BCUT2D eigenvalue weighted by Gasteiger charge is -2.40. The molecule has 0 saturated carbocycles. The number of carbonyl (C=O) groups is 2. The third-order valence-corrected chi connectivity index (χ3v) is 8.78. The number of carbonyl (C=O) groups excluding carboxylic acids is 2. The van der Waals surface area contributed by atoms with E-state index >= 15 is 0 Å². The number of rotatable bonds is 7. The second-order valence-corrected chi connectivity index (χ2v) is 11.6. The number of sulfonamides is 1. The first-order valence-corrected chi connectivity index (χ1v) is 13.8. The van der Waals surface area contributed by atoms with E-state index < -0.39 is 44.3 Å². The number of piperazine rings is 2. The van der Waals surface area contributed by atoms with E-state index in [1.165, 1.54) is 29.2 Å². The first-order valence-electron chi connectivity index (χ1n) is 12.0. The number of likely N-dealkylation sites (N-methyl/N-ethyl adjacent to an activating group) is 1. The molecule has 0 spiro atoms. The largest absolute Gasteiger partial charge is 0.451 e. The highest BCUT2D eigenvalue weighted by Crippen LogP contribution is 2.32.